The molecule has 0 amide bonds. The fraction of sp³-hybridized carbons (Fsp3) is 0.417. The first-order chi connectivity index (χ1) is 8.62. The summed E-state index contributed by atoms with van der Waals surface area (Å²) >= 11 is 0. The van der Waals surface area contributed by atoms with Gasteiger partial charge >= 0.3 is 11.9 Å². The van der Waals surface area contributed by atoms with Gasteiger partial charge in [0.15, 0.2) is 0 Å². The number of pyridine rings is 1. The van der Waals surface area contributed by atoms with Crippen molar-refractivity contribution < 1.29 is 19.1 Å². The quantitative estimate of drug-likeness (QED) is 0.724. The molecule has 6 nitrogen and oxygen atoms in total. The first-order valence-electron chi connectivity index (χ1n) is 5.48. The molecule has 0 fully saturated rings. The van der Waals surface area contributed by atoms with E-state index in [4.69, 9.17) is 0 Å². The molecule has 18 heavy (non-hydrogen) atoms. The highest BCUT2D eigenvalue weighted by atomic mass is 16.5. The summed E-state index contributed by atoms with van der Waals surface area (Å²) < 4.78 is 9.23. The predicted octanol–water partition coefficient (Wildman–Crippen LogP) is 0.867. The van der Waals surface area contributed by atoms with Crippen molar-refractivity contribution in [2.75, 3.05) is 32.2 Å². The van der Waals surface area contributed by atoms with E-state index in [1.807, 2.05) is 6.92 Å². The molecule has 1 rings (SSSR count). The fourth-order valence-corrected chi connectivity index (χ4v) is 1.41. The van der Waals surface area contributed by atoms with Gasteiger partial charge in [0.25, 0.3) is 0 Å². The van der Waals surface area contributed by atoms with E-state index in [-0.39, 0.29) is 12.5 Å². The van der Waals surface area contributed by atoms with Crippen molar-refractivity contribution in [1.82, 2.24) is 4.98 Å². The molecule has 1 aromatic heterocycles. The van der Waals surface area contributed by atoms with Crippen LogP contribution >= 0.6 is 0 Å². The number of rotatable bonds is 5. The Morgan fingerprint density at radius 3 is 2.61 bits per heavy atom. The molecule has 0 atom stereocenters. The van der Waals surface area contributed by atoms with Gasteiger partial charge in [0.1, 0.15) is 12.4 Å². The van der Waals surface area contributed by atoms with Gasteiger partial charge in [-0.2, -0.15) is 0 Å². The summed E-state index contributed by atoms with van der Waals surface area (Å²) in [7, 11) is 2.64. The molecule has 0 aliphatic heterocycles. The van der Waals surface area contributed by atoms with Crippen LogP contribution in [-0.2, 0) is 14.3 Å². The van der Waals surface area contributed by atoms with Crippen molar-refractivity contribution in [3.63, 3.8) is 0 Å². The summed E-state index contributed by atoms with van der Waals surface area (Å²) in [6.45, 7) is 2.55. The van der Waals surface area contributed by atoms with Crippen LogP contribution in [0.5, 0.6) is 0 Å². The van der Waals surface area contributed by atoms with Gasteiger partial charge in [0.2, 0.25) is 0 Å². The molecule has 6 heteroatoms. The Balaban J connectivity index is 2.92. The van der Waals surface area contributed by atoms with Crippen LogP contribution in [0.25, 0.3) is 0 Å². The molecule has 0 bridgehead atoms. The van der Waals surface area contributed by atoms with E-state index < -0.39 is 5.97 Å². The molecule has 0 saturated carbocycles. The van der Waals surface area contributed by atoms with Crippen LogP contribution in [0.1, 0.15) is 17.3 Å². The molecule has 0 saturated heterocycles. The van der Waals surface area contributed by atoms with Crippen LogP contribution in [-0.4, -0.2) is 44.2 Å². The first kappa shape index (κ1) is 14.0. The van der Waals surface area contributed by atoms with Crippen molar-refractivity contribution in [3.05, 3.63) is 23.9 Å². The standard InChI is InChI=1S/C12H16N2O4/c1-4-14(8-11(15)17-2)10-7-9(5-6-13-10)12(16)18-3/h5-7H,4,8H2,1-3H3. The Labute approximate surface area is 106 Å². The van der Waals surface area contributed by atoms with E-state index in [1.165, 1.54) is 20.4 Å². The highest BCUT2D eigenvalue weighted by Crippen LogP contribution is 2.13. The third kappa shape index (κ3) is 3.44. The first-order valence-corrected chi connectivity index (χ1v) is 5.48. The van der Waals surface area contributed by atoms with E-state index in [0.717, 1.165) is 0 Å². The molecule has 1 heterocycles. The van der Waals surface area contributed by atoms with Crippen molar-refractivity contribution >= 4 is 17.8 Å². The van der Waals surface area contributed by atoms with Crippen molar-refractivity contribution in [2.24, 2.45) is 0 Å². The lowest BCUT2D eigenvalue weighted by atomic mass is 10.2. The normalized spacial score (nSPS) is 9.72. The number of ether oxygens (including phenoxy) is 2. The number of hydrogen-bond acceptors (Lipinski definition) is 6. The summed E-state index contributed by atoms with van der Waals surface area (Å²) in [5, 5.41) is 0. The topological polar surface area (TPSA) is 68.7 Å². The van der Waals surface area contributed by atoms with Crippen molar-refractivity contribution in [2.45, 2.75) is 6.92 Å². The maximum Gasteiger partial charge on any atom is 0.338 e. The maximum absolute atomic E-state index is 11.4. The molecule has 0 spiro atoms. The van der Waals surface area contributed by atoms with Gasteiger partial charge in [-0.25, -0.2) is 9.78 Å². The zero-order chi connectivity index (χ0) is 13.5. The van der Waals surface area contributed by atoms with Crippen LogP contribution in [0.4, 0.5) is 5.82 Å². The summed E-state index contributed by atoms with van der Waals surface area (Å²) in [6.07, 6.45) is 1.50. The zero-order valence-corrected chi connectivity index (χ0v) is 10.7. The predicted molar refractivity (Wildman–Crippen MR) is 65.5 cm³/mol. The van der Waals surface area contributed by atoms with Crippen LogP contribution in [0, 0.1) is 0 Å². The van der Waals surface area contributed by atoms with Gasteiger partial charge in [-0.15, -0.1) is 0 Å². The number of likely N-dealkylation sites (N-methyl/N-ethyl adjacent to an activating group) is 1. The minimum absolute atomic E-state index is 0.0879. The van der Waals surface area contributed by atoms with Crippen LogP contribution < -0.4 is 4.90 Å². The number of hydrogen-bond donors (Lipinski definition) is 0. The monoisotopic (exact) mass is 252 g/mol. The summed E-state index contributed by atoms with van der Waals surface area (Å²) in [4.78, 5) is 28.5. The minimum Gasteiger partial charge on any atom is -0.468 e. The van der Waals surface area contributed by atoms with Gasteiger partial charge in [0, 0.05) is 12.7 Å². The Morgan fingerprint density at radius 2 is 2.06 bits per heavy atom. The van der Waals surface area contributed by atoms with E-state index >= 15 is 0 Å². The second kappa shape index (κ2) is 6.58. The number of carbonyl (C=O) groups excluding carboxylic acids is 2. The van der Waals surface area contributed by atoms with Crippen molar-refractivity contribution in [3.8, 4) is 0 Å². The number of carbonyl (C=O) groups is 2. The Hall–Kier alpha value is -2.11. The lowest BCUT2D eigenvalue weighted by molar-refractivity contribution is -0.138. The van der Waals surface area contributed by atoms with Gasteiger partial charge in [-0.3, -0.25) is 4.79 Å². The van der Waals surface area contributed by atoms with Gasteiger partial charge in [-0.05, 0) is 19.1 Å². The summed E-state index contributed by atoms with van der Waals surface area (Å²) in [5.74, 6) is -0.263. The van der Waals surface area contributed by atoms with Crippen molar-refractivity contribution in [1.29, 1.82) is 0 Å². The zero-order valence-electron chi connectivity index (χ0n) is 10.7. The Morgan fingerprint density at radius 1 is 1.33 bits per heavy atom. The number of methoxy groups -OCH3 is 2. The second-order valence-electron chi connectivity index (χ2n) is 3.48. The SMILES string of the molecule is CCN(CC(=O)OC)c1cc(C(=O)OC)ccn1. The molecule has 98 valence electrons. The van der Waals surface area contributed by atoms with Gasteiger partial charge < -0.3 is 14.4 Å². The number of aromatic nitrogens is 1. The van der Waals surface area contributed by atoms with Crippen LogP contribution in [0.15, 0.2) is 18.3 Å². The Bertz CT molecular complexity index is 434. The molecule has 0 aliphatic carbocycles. The van der Waals surface area contributed by atoms with E-state index in [1.54, 1.807) is 17.0 Å². The van der Waals surface area contributed by atoms with E-state index in [9.17, 15) is 9.59 Å². The minimum atomic E-state index is -0.437. The highest BCUT2D eigenvalue weighted by Gasteiger charge is 2.13. The number of nitrogens with zero attached hydrogens (tertiary/aromatic N) is 2. The fourth-order valence-electron chi connectivity index (χ4n) is 1.41. The average Bonchev–Trinajstić information content (AvgIpc) is 2.43. The number of esters is 2. The molecule has 0 N–H and O–H groups in total. The van der Waals surface area contributed by atoms with E-state index in [0.29, 0.717) is 17.9 Å². The molecule has 0 aliphatic rings. The highest BCUT2D eigenvalue weighted by molar-refractivity contribution is 5.90. The lowest BCUT2D eigenvalue weighted by Gasteiger charge is -2.20. The molecule has 0 aromatic carbocycles. The average molecular weight is 252 g/mol. The molecule has 1 aromatic rings. The molecular weight excluding hydrogens is 236 g/mol. The Kier molecular flexibility index (Phi) is 5.10. The van der Waals surface area contributed by atoms with Crippen LogP contribution in [0.3, 0.4) is 0 Å². The van der Waals surface area contributed by atoms with E-state index in [2.05, 4.69) is 14.5 Å². The molecule has 0 unspecified atom stereocenters. The van der Waals surface area contributed by atoms with Gasteiger partial charge in [-0.1, -0.05) is 0 Å². The lowest BCUT2D eigenvalue weighted by Crippen LogP contribution is -2.31. The molecular formula is C12H16N2O4. The smallest absolute Gasteiger partial charge is 0.338 e. The maximum atomic E-state index is 11.4. The summed E-state index contributed by atoms with van der Waals surface area (Å²) in [5.41, 5.74) is 0.394. The molecule has 0 radical (unpaired) electrons. The number of anilines is 1. The third-order valence-corrected chi connectivity index (χ3v) is 2.42. The van der Waals surface area contributed by atoms with Crippen LogP contribution in [0.2, 0.25) is 0 Å². The largest absolute Gasteiger partial charge is 0.468 e. The summed E-state index contributed by atoms with van der Waals surface area (Å²) in [6, 6.07) is 3.14. The third-order valence-electron chi connectivity index (χ3n) is 2.42. The van der Waals surface area contributed by atoms with Gasteiger partial charge in [0.05, 0.1) is 19.8 Å². The second-order valence-corrected chi connectivity index (χ2v) is 3.48.